The monoisotopic (exact) mass is 764 g/mol. The van der Waals surface area contributed by atoms with Gasteiger partial charge >= 0.3 is 0 Å². The summed E-state index contributed by atoms with van der Waals surface area (Å²) >= 11 is 0. The van der Waals surface area contributed by atoms with Gasteiger partial charge in [-0.25, -0.2) is 8.78 Å². The van der Waals surface area contributed by atoms with Crippen LogP contribution in [0.3, 0.4) is 0 Å². The van der Waals surface area contributed by atoms with Gasteiger partial charge in [-0.05, 0) is 130 Å². The molecule has 59 heavy (non-hydrogen) atoms. The zero-order valence-electron chi connectivity index (χ0n) is 31.7. The van der Waals surface area contributed by atoms with Gasteiger partial charge in [0.2, 0.25) is 0 Å². The Balaban J connectivity index is 0.981. The van der Waals surface area contributed by atoms with Gasteiger partial charge in [0.25, 0.3) is 0 Å². The normalized spacial score (nSPS) is 11.6. The minimum Gasteiger partial charge on any atom is -0.456 e. The van der Waals surface area contributed by atoms with Gasteiger partial charge in [0.05, 0.1) is 11.0 Å². The van der Waals surface area contributed by atoms with E-state index in [2.05, 4.69) is 138 Å². The van der Waals surface area contributed by atoms with E-state index < -0.39 is 0 Å². The minimum absolute atomic E-state index is 0.326. The summed E-state index contributed by atoms with van der Waals surface area (Å²) in [6, 6.07) is 68.4. The number of fused-ring (bicyclic) bond motifs is 6. The molecule has 280 valence electrons. The molecule has 0 aliphatic carbocycles. The van der Waals surface area contributed by atoms with Crippen LogP contribution in [-0.2, 0) is 0 Å². The van der Waals surface area contributed by atoms with Crippen LogP contribution in [0.1, 0.15) is 0 Å². The summed E-state index contributed by atoms with van der Waals surface area (Å²) in [5.74, 6) is -0.668. The highest BCUT2D eigenvalue weighted by atomic mass is 19.1. The molecule has 2 heterocycles. The summed E-state index contributed by atoms with van der Waals surface area (Å²) in [6.07, 6.45) is 0. The smallest absolute Gasteiger partial charge is 0.136 e. The molecule has 0 aliphatic rings. The predicted molar refractivity (Wildman–Crippen MR) is 239 cm³/mol. The Hall–Kier alpha value is -7.76. The molecular formula is C54H34F2N2O. The molecule has 3 nitrogen and oxygen atoms in total. The van der Waals surface area contributed by atoms with Crippen molar-refractivity contribution in [1.82, 2.24) is 4.57 Å². The average molecular weight is 765 g/mol. The van der Waals surface area contributed by atoms with Crippen LogP contribution in [0.2, 0.25) is 0 Å². The maximum Gasteiger partial charge on any atom is 0.136 e. The van der Waals surface area contributed by atoms with Crippen LogP contribution in [0.5, 0.6) is 0 Å². The summed E-state index contributed by atoms with van der Waals surface area (Å²) < 4.78 is 37.3. The number of furan rings is 1. The highest BCUT2D eigenvalue weighted by Gasteiger charge is 2.18. The van der Waals surface area contributed by atoms with Crippen molar-refractivity contribution in [3.8, 4) is 39.1 Å². The Kier molecular flexibility index (Phi) is 8.19. The van der Waals surface area contributed by atoms with E-state index in [0.29, 0.717) is 5.52 Å². The lowest BCUT2D eigenvalue weighted by Crippen LogP contribution is -2.09. The van der Waals surface area contributed by atoms with Crippen LogP contribution in [0.4, 0.5) is 25.8 Å². The van der Waals surface area contributed by atoms with Gasteiger partial charge in [0, 0.05) is 44.3 Å². The van der Waals surface area contributed by atoms with Crippen LogP contribution in [0, 0.1) is 11.6 Å². The highest BCUT2D eigenvalue weighted by molar-refractivity contribution is 6.12. The van der Waals surface area contributed by atoms with Crippen molar-refractivity contribution >= 4 is 60.8 Å². The van der Waals surface area contributed by atoms with E-state index in [4.69, 9.17) is 4.42 Å². The van der Waals surface area contributed by atoms with Crippen molar-refractivity contribution in [2.24, 2.45) is 0 Å². The molecule has 0 saturated heterocycles. The molecule has 11 aromatic rings. The SMILES string of the molecule is Fc1ccc2c(c1)c1ccc(F)cc1n2-c1cccc(-c2ccc(N(c3ccc(-c4ccccc4)cc3)c3ccc(-c4cccc5oc6ccccc6c45)cc3)cc2)c1. The number of hydrogen-bond acceptors (Lipinski definition) is 2. The fourth-order valence-electron chi connectivity index (χ4n) is 8.56. The molecule has 0 atom stereocenters. The number of para-hydroxylation sites is 1. The fourth-order valence-corrected chi connectivity index (χ4v) is 8.56. The zero-order valence-corrected chi connectivity index (χ0v) is 31.7. The van der Waals surface area contributed by atoms with Crippen molar-refractivity contribution in [3.63, 3.8) is 0 Å². The molecule has 2 aromatic heterocycles. The average Bonchev–Trinajstić information content (AvgIpc) is 3.83. The van der Waals surface area contributed by atoms with E-state index in [1.807, 2.05) is 41.0 Å². The van der Waals surface area contributed by atoms with Crippen molar-refractivity contribution in [3.05, 3.63) is 218 Å². The lowest BCUT2D eigenvalue weighted by Gasteiger charge is -2.26. The topological polar surface area (TPSA) is 21.3 Å². The van der Waals surface area contributed by atoms with E-state index in [1.165, 1.54) is 29.8 Å². The van der Waals surface area contributed by atoms with Gasteiger partial charge in [-0.1, -0.05) is 109 Å². The lowest BCUT2D eigenvalue weighted by atomic mass is 9.99. The maximum atomic E-state index is 14.6. The molecule has 0 spiro atoms. The number of aromatic nitrogens is 1. The lowest BCUT2D eigenvalue weighted by molar-refractivity contribution is 0.629. The molecule has 5 heteroatoms. The molecule has 9 aromatic carbocycles. The number of rotatable bonds is 7. The van der Waals surface area contributed by atoms with E-state index in [1.54, 1.807) is 12.1 Å². The molecule has 0 fully saturated rings. The molecule has 0 saturated carbocycles. The third kappa shape index (κ3) is 6.03. The second-order valence-electron chi connectivity index (χ2n) is 14.8. The Bertz CT molecular complexity index is 3330. The third-order valence-corrected chi connectivity index (χ3v) is 11.3. The number of benzene rings is 9. The van der Waals surface area contributed by atoms with Gasteiger partial charge in [0.1, 0.15) is 22.8 Å². The van der Waals surface area contributed by atoms with E-state index >= 15 is 0 Å². The van der Waals surface area contributed by atoms with Crippen LogP contribution < -0.4 is 4.90 Å². The molecule has 0 bridgehead atoms. The van der Waals surface area contributed by atoms with Gasteiger partial charge in [-0.2, -0.15) is 0 Å². The van der Waals surface area contributed by atoms with E-state index in [0.717, 1.165) is 88.8 Å². The van der Waals surface area contributed by atoms with Crippen LogP contribution >= 0.6 is 0 Å². The Morgan fingerprint density at radius 1 is 0.373 bits per heavy atom. The number of anilines is 3. The standard InChI is InChI=1S/C54H34F2N2O/c55-40-23-31-50-49(33-40)47-30-22-41(56)34-51(47)58(50)45-11-6-10-39(32-45)37-18-26-43(27-19-37)57(42-24-16-36(17-25-42)35-8-2-1-3-9-35)44-28-20-38(21-29-44)46-13-7-15-53-54(46)48-12-4-5-14-52(48)59-53/h1-34H. The van der Waals surface area contributed by atoms with Crippen molar-refractivity contribution in [2.45, 2.75) is 0 Å². The second kappa shape index (κ2) is 14.0. The molecule has 0 amide bonds. The number of nitrogens with zero attached hydrogens (tertiary/aromatic N) is 2. The minimum atomic E-state index is -0.341. The number of hydrogen-bond donors (Lipinski definition) is 0. The summed E-state index contributed by atoms with van der Waals surface area (Å²) in [4.78, 5) is 2.28. The van der Waals surface area contributed by atoms with Gasteiger partial charge in [0.15, 0.2) is 0 Å². The van der Waals surface area contributed by atoms with Crippen molar-refractivity contribution < 1.29 is 13.2 Å². The predicted octanol–water partition coefficient (Wildman–Crippen LogP) is 15.4. The van der Waals surface area contributed by atoms with E-state index in [9.17, 15) is 8.78 Å². The maximum absolute atomic E-state index is 14.6. The fraction of sp³-hybridized carbons (Fsp3) is 0. The second-order valence-corrected chi connectivity index (χ2v) is 14.8. The Morgan fingerprint density at radius 2 is 0.949 bits per heavy atom. The summed E-state index contributed by atoms with van der Waals surface area (Å²) in [5, 5.41) is 3.76. The Morgan fingerprint density at radius 3 is 1.69 bits per heavy atom. The largest absolute Gasteiger partial charge is 0.456 e. The van der Waals surface area contributed by atoms with Crippen molar-refractivity contribution in [1.29, 1.82) is 0 Å². The quantitative estimate of drug-likeness (QED) is 0.161. The van der Waals surface area contributed by atoms with Crippen LogP contribution in [-0.4, -0.2) is 4.57 Å². The molecule has 0 aliphatic heterocycles. The van der Waals surface area contributed by atoms with Gasteiger partial charge in [-0.15, -0.1) is 0 Å². The highest BCUT2D eigenvalue weighted by Crippen LogP contribution is 2.41. The Labute approximate surface area is 339 Å². The first-order chi connectivity index (χ1) is 29.1. The molecule has 0 N–H and O–H groups in total. The molecule has 0 unspecified atom stereocenters. The van der Waals surface area contributed by atoms with Crippen LogP contribution in [0.15, 0.2) is 211 Å². The number of halogens is 2. The molecular weight excluding hydrogens is 731 g/mol. The first-order valence-electron chi connectivity index (χ1n) is 19.6. The van der Waals surface area contributed by atoms with Crippen LogP contribution in [0.25, 0.3) is 82.8 Å². The summed E-state index contributed by atoms with van der Waals surface area (Å²) in [5.41, 5.74) is 13.8. The zero-order chi connectivity index (χ0) is 39.5. The van der Waals surface area contributed by atoms with Crippen molar-refractivity contribution in [2.75, 3.05) is 4.90 Å². The summed E-state index contributed by atoms with van der Waals surface area (Å²) in [7, 11) is 0. The molecule has 0 radical (unpaired) electrons. The van der Waals surface area contributed by atoms with Gasteiger partial charge in [-0.3, -0.25) is 0 Å². The first kappa shape index (κ1) is 34.5. The third-order valence-electron chi connectivity index (χ3n) is 11.3. The van der Waals surface area contributed by atoms with Gasteiger partial charge < -0.3 is 13.9 Å². The molecule has 11 rings (SSSR count). The summed E-state index contributed by atoms with van der Waals surface area (Å²) in [6.45, 7) is 0. The van der Waals surface area contributed by atoms with E-state index in [-0.39, 0.29) is 11.6 Å². The first-order valence-corrected chi connectivity index (χ1v) is 19.6.